The minimum absolute atomic E-state index is 0.000456. The van der Waals surface area contributed by atoms with Crippen molar-refractivity contribution in [2.75, 3.05) is 5.73 Å². The van der Waals surface area contributed by atoms with Crippen LogP contribution in [0.25, 0.3) is 11.3 Å². The summed E-state index contributed by atoms with van der Waals surface area (Å²) in [5.74, 6) is -2.37. The normalized spacial score (nSPS) is 21.9. The van der Waals surface area contributed by atoms with Gasteiger partial charge in [-0.3, -0.25) is 10.2 Å². The molecular weight excluding hydrogens is 477 g/mol. The van der Waals surface area contributed by atoms with Crippen molar-refractivity contribution >= 4 is 34.9 Å². The van der Waals surface area contributed by atoms with Crippen LogP contribution in [-0.4, -0.2) is 40.8 Å². The van der Waals surface area contributed by atoms with Gasteiger partial charge in [0.25, 0.3) is 5.91 Å². The van der Waals surface area contributed by atoms with E-state index >= 15 is 0 Å². The van der Waals surface area contributed by atoms with E-state index in [1.807, 2.05) is 0 Å². The first-order valence-electron chi connectivity index (χ1n) is 9.33. The molecule has 1 saturated heterocycles. The van der Waals surface area contributed by atoms with Crippen molar-refractivity contribution in [3.63, 3.8) is 0 Å². The quantitative estimate of drug-likeness (QED) is 0.287. The number of hydrogen-bond donors (Lipinski definition) is 4. The second-order valence-electron chi connectivity index (χ2n) is 7.17. The molecule has 2 heterocycles. The van der Waals surface area contributed by atoms with Gasteiger partial charge in [-0.1, -0.05) is 11.6 Å². The standard InChI is InChI=1S/C19H19Cl2F4N5O2/c1-7-15(16(21)30-29-7)28-18(31)10-5-12(22)9(13-4-3-11(20)17(26)27-13)6-14(10)32-8(2)19(23,24)25/h3-8,15-16,29-30H,1-2H3,(H2,26,27)(H,28,31). The number of nitrogens with zero attached hydrogens (tertiary/aromatic N) is 1. The molecule has 4 atom stereocenters. The van der Waals surface area contributed by atoms with Crippen molar-refractivity contribution in [1.29, 1.82) is 0 Å². The first-order chi connectivity index (χ1) is 14.9. The molecule has 0 saturated carbocycles. The molecule has 1 amide bonds. The maximum absolute atomic E-state index is 14.9. The molecule has 0 bridgehead atoms. The fourth-order valence-electron chi connectivity index (χ4n) is 2.96. The zero-order valence-electron chi connectivity index (χ0n) is 16.7. The summed E-state index contributed by atoms with van der Waals surface area (Å²) in [7, 11) is 0. The summed E-state index contributed by atoms with van der Waals surface area (Å²) in [6, 6.07) is 3.51. The maximum atomic E-state index is 14.9. The molecule has 0 spiro atoms. The van der Waals surface area contributed by atoms with Gasteiger partial charge < -0.3 is 15.8 Å². The Morgan fingerprint density at radius 2 is 2.00 bits per heavy atom. The lowest BCUT2D eigenvalue weighted by Gasteiger charge is -2.22. The third-order valence-corrected chi connectivity index (χ3v) is 5.53. The van der Waals surface area contributed by atoms with Crippen LogP contribution in [0.5, 0.6) is 5.75 Å². The number of carbonyl (C=O) groups excluding carboxylic acids is 1. The van der Waals surface area contributed by atoms with E-state index in [9.17, 15) is 22.4 Å². The lowest BCUT2D eigenvalue weighted by molar-refractivity contribution is -0.189. The number of halogens is 6. The van der Waals surface area contributed by atoms with Gasteiger partial charge in [0.15, 0.2) is 6.10 Å². The second-order valence-corrected chi connectivity index (χ2v) is 8.05. The van der Waals surface area contributed by atoms with E-state index in [0.29, 0.717) is 0 Å². The van der Waals surface area contributed by atoms with Crippen LogP contribution in [0, 0.1) is 5.82 Å². The number of ether oxygens (including phenoxy) is 1. The number of nitrogen functional groups attached to an aromatic ring is 1. The number of rotatable bonds is 5. The molecule has 1 fully saturated rings. The summed E-state index contributed by atoms with van der Waals surface area (Å²) in [6.45, 7) is 2.49. The molecule has 0 radical (unpaired) electrons. The number of benzene rings is 1. The van der Waals surface area contributed by atoms with E-state index in [4.69, 9.17) is 33.7 Å². The number of hydrazine groups is 1. The molecule has 1 aliphatic heterocycles. The molecule has 0 aliphatic carbocycles. The molecule has 3 rings (SSSR count). The molecule has 1 aromatic carbocycles. The fraction of sp³-hybridized carbons (Fsp3) is 0.368. The van der Waals surface area contributed by atoms with Crippen molar-refractivity contribution in [3.05, 3.63) is 40.7 Å². The summed E-state index contributed by atoms with van der Waals surface area (Å²) in [6.07, 6.45) is -6.99. The summed E-state index contributed by atoms with van der Waals surface area (Å²) >= 11 is 11.9. The van der Waals surface area contributed by atoms with Crippen molar-refractivity contribution in [3.8, 4) is 17.0 Å². The average Bonchev–Trinajstić information content (AvgIpc) is 3.02. The van der Waals surface area contributed by atoms with E-state index in [0.717, 1.165) is 19.1 Å². The molecule has 5 N–H and O–H groups in total. The van der Waals surface area contributed by atoms with Crippen LogP contribution in [0.15, 0.2) is 24.3 Å². The number of pyridine rings is 1. The number of alkyl halides is 4. The van der Waals surface area contributed by atoms with Crippen molar-refractivity contribution in [2.45, 2.75) is 43.7 Å². The minimum atomic E-state index is -4.72. The van der Waals surface area contributed by atoms with Gasteiger partial charge in [-0.05, 0) is 38.1 Å². The highest BCUT2D eigenvalue weighted by atomic mass is 35.5. The summed E-state index contributed by atoms with van der Waals surface area (Å²) < 4.78 is 59.3. The Morgan fingerprint density at radius 3 is 2.56 bits per heavy atom. The largest absolute Gasteiger partial charge is 0.480 e. The molecule has 4 unspecified atom stereocenters. The van der Waals surface area contributed by atoms with Crippen LogP contribution < -0.4 is 26.6 Å². The van der Waals surface area contributed by atoms with E-state index in [2.05, 4.69) is 21.2 Å². The minimum Gasteiger partial charge on any atom is -0.480 e. The Labute approximate surface area is 190 Å². The van der Waals surface area contributed by atoms with E-state index in [-0.39, 0.29) is 28.1 Å². The first kappa shape index (κ1) is 24.3. The molecule has 1 aliphatic rings. The predicted molar refractivity (Wildman–Crippen MR) is 112 cm³/mol. The number of hydrogen-bond acceptors (Lipinski definition) is 6. The van der Waals surface area contributed by atoms with Crippen LogP contribution in [0.1, 0.15) is 24.2 Å². The van der Waals surface area contributed by atoms with Gasteiger partial charge in [0.1, 0.15) is 22.9 Å². The topological polar surface area (TPSA) is 101 Å². The fourth-order valence-corrected chi connectivity index (χ4v) is 3.41. The zero-order chi connectivity index (χ0) is 23.8. The van der Waals surface area contributed by atoms with Crippen LogP contribution >= 0.6 is 23.2 Å². The van der Waals surface area contributed by atoms with Crippen molar-refractivity contribution < 1.29 is 27.1 Å². The number of amides is 1. The summed E-state index contributed by atoms with van der Waals surface area (Å²) in [4.78, 5) is 16.8. The lowest BCUT2D eigenvalue weighted by atomic mass is 10.0. The summed E-state index contributed by atoms with van der Waals surface area (Å²) in [5, 5.41) is 2.69. The van der Waals surface area contributed by atoms with Crippen LogP contribution in [-0.2, 0) is 0 Å². The Morgan fingerprint density at radius 1 is 1.31 bits per heavy atom. The number of nitrogens with two attached hydrogens (primary N) is 1. The molecule has 32 heavy (non-hydrogen) atoms. The highest BCUT2D eigenvalue weighted by Gasteiger charge is 2.39. The Kier molecular flexibility index (Phi) is 7.03. The van der Waals surface area contributed by atoms with Gasteiger partial charge in [0.2, 0.25) is 0 Å². The molecule has 7 nitrogen and oxygen atoms in total. The Bertz CT molecular complexity index is 1010. The van der Waals surface area contributed by atoms with Crippen LogP contribution in [0.2, 0.25) is 5.02 Å². The summed E-state index contributed by atoms with van der Waals surface area (Å²) in [5.41, 5.74) is 9.81. The van der Waals surface area contributed by atoms with E-state index in [1.54, 1.807) is 6.92 Å². The third kappa shape index (κ3) is 5.17. The zero-order valence-corrected chi connectivity index (χ0v) is 18.2. The smallest absolute Gasteiger partial charge is 0.425 e. The number of carbonyl (C=O) groups is 1. The number of aromatic nitrogens is 1. The van der Waals surface area contributed by atoms with Gasteiger partial charge in [-0.25, -0.2) is 14.8 Å². The molecule has 2 aromatic rings. The first-order valence-corrected chi connectivity index (χ1v) is 10.1. The van der Waals surface area contributed by atoms with Crippen LogP contribution in [0.4, 0.5) is 23.4 Å². The predicted octanol–water partition coefficient (Wildman–Crippen LogP) is 3.61. The third-order valence-electron chi connectivity index (χ3n) is 4.83. The van der Waals surface area contributed by atoms with Gasteiger partial charge in [-0.15, -0.1) is 11.6 Å². The van der Waals surface area contributed by atoms with Gasteiger partial charge in [0, 0.05) is 11.6 Å². The second kappa shape index (κ2) is 9.26. The van der Waals surface area contributed by atoms with Gasteiger partial charge in [0.05, 0.1) is 22.3 Å². The molecule has 13 heteroatoms. The highest BCUT2D eigenvalue weighted by Crippen LogP contribution is 2.34. The maximum Gasteiger partial charge on any atom is 0.425 e. The molecule has 174 valence electrons. The van der Waals surface area contributed by atoms with E-state index in [1.165, 1.54) is 12.1 Å². The van der Waals surface area contributed by atoms with E-state index < -0.39 is 46.9 Å². The average molecular weight is 496 g/mol. The highest BCUT2D eigenvalue weighted by molar-refractivity contribution is 6.32. The SMILES string of the molecule is CC1NNC(Cl)C1NC(=O)c1cc(F)c(-c2ccc(Cl)c(N)n2)cc1OC(C)C(F)(F)F. The monoisotopic (exact) mass is 495 g/mol. The molecule has 1 aromatic heterocycles. The van der Waals surface area contributed by atoms with Gasteiger partial charge in [-0.2, -0.15) is 13.2 Å². The van der Waals surface area contributed by atoms with Crippen molar-refractivity contribution in [1.82, 2.24) is 21.2 Å². The van der Waals surface area contributed by atoms with Crippen LogP contribution in [0.3, 0.4) is 0 Å². The Hall–Kier alpha value is -2.34. The lowest BCUT2D eigenvalue weighted by Crippen LogP contribution is -2.45. The number of nitrogens with one attached hydrogen (secondary N) is 3. The molecular formula is C19H19Cl2F4N5O2. The van der Waals surface area contributed by atoms with Gasteiger partial charge >= 0.3 is 6.18 Å². The Balaban J connectivity index is 2.03. The number of anilines is 1. The van der Waals surface area contributed by atoms with Crippen molar-refractivity contribution in [2.24, 2.45) is 0 Å².